The fourth-order valence-corrected chi connectivity index (χ4v) is 5.95. The second kappa shape index (κ2) is 39.4. The Morgan fingerprint density at radius 1 is 0.491 bits per heavy atom. The lowest BCUT2D eigenvalue weighted by Gasteiger charge is -2.18. The van der Waals surface area contributed by atoms with Crippen LogP contribution in [0.2, 0.25) is 0 Å². The number of phosphoric ester groups is 1. The highest BCUT2D eigenvalue weighted by atomic mass is 31.2. The number of hydrogen-bond acceptors (Lipinski definition) is 6. The van der Waals surface area contributed by atoms with Crippen molar-refractivity contribution in [2.24, 2.45) is 0 Å². The summed E-state index contributed by atoms with van der Waals surface area (Å²) in [6.45, 7) is 3.62. The zero-order valence-corrected chi connectivity index (χ0v) is 34.5. The Kier molecular flexibility index (Phi) is 37.8. The van der Waals surface area contributed by atoms with Crippen LogP contribution in [0.25, 0.3) is 0 Å². The number of carbonyl (C=O) groups excluding carboxylic acids is 2. The molecule has 53 heavy (non-hydrogen) atoms. The SMILES string of the molecule is CCCCC/C=C\C/C=C\C/C=C\C/C=C\CCCCCC(=O)OC[C@H](COP(=O)(O)O)OC(=O)CCCCCCC/C=C\CCCCCCCCC. The highest BCUT2D eigenvalue weighted by Crippen LogP contribution is 2.36. The van der Waals surface area contributed by atoms with Crippen molar-refractivity contribution < 1.29 is 37.9 Å². The normalized spacial score (nSPS) is 13.1. The number of ether oxygens (including phenoxy) is 2. The minimum Gasteiger partial charge on any atom is -0.462 e. The lowest BCUT2D eigenvalue weighted by molar-refractivity contribution is -0.161. The van der Waals surface area contributed by atoms with Gasteiger partial charge in [0.15, 0.2) is 6.10 Å². The van der Waals surface area contributed by atoms with Gasteiger partial charge in [-0.1, -0.05) is 152 Å². The van der Waals surface area contributed by atoms with Crippen LogP contribution < -0.4 is 0 Å². The Morgan fingerprint density at radius 2 is 0.849 bits per heavy atom. The first-order chi connectivity index (χ1) is 25.8. The van der Waals surface area contributed by atoms with E-state index >= 15 is 0 Å². The maximum atomic E-state index is 12.4. The topological polar surface area (TPSA) is 119 Å². The summed E-state index contributed by atoms with van der Waals surface area (Å²) in [6, 6.07) is 0. The highest BCUT2D eigenvalue weighted by molar-refractivity contribution is 7.46. The number of allylic oxidation sites excluding steroid dienone is 10. The van der Waals surface area contributed by atoms with Crippen LogP contribution in [0.4, 0.5) is 0 Å². The molecule has 0 aliphatic rings. The predicted molar refractivity (Wildman–Crippen MR) is 221 cm³/mol. The Balaban J connectivity index is 4.01. The number of unbranched alkanes of at least 4 members (excludes halogenated alkanes) is 18. The van der Waals surface area contributed by atoms with Gasteiger partial charge in [0.05, 0.1) is 6.61 Å². The smallest absolute Gasteiger partial charge is 0.462 e. The molecule has 0 heterocycles. The van der Waals surface area contributed by atoms with Crippen molar-refractivity contribution in [2.45, 2.75) is 193 Å². The van der Waals surface area contributed by atoms with Crippen molar-refractivity contribution in [1.82, 2.24) is 0 Å². The molecule has 0 amide bonds. The molecule has 0 aromatic rings. The molecule has 0 saturated carbocycles. The molecule has 0 saturated heterocycles. The molecule has 8 nitrogen and oxygen atoms in total. The Hall–Kier alpha value is -2.25. The number of phosphoric acid groups is 1. The Morgan fingerprint density at radius 3 is 1.34 bits per heavy atom. The summed E-state index contributed by atoms with van der Waals surface area (Å²) >= 11 is 0. The summed E-state index contributed by atoms with van der Waals surface area (Å²) in [5, 5.41) is 0. The van der Waals surface area contributed by atoms with Crippen LogP contribution in [0.1, 0.15) is 187 Å². The molecule has 1 atom stereocenters. The third-order valence-corrected chi connectivity index (χ3v) is 9.24. The van der Waals surface area contributed by atoms with E-state index in [0.29, 0.717) is 12.8 Å². The number of hydrogen-bond donors (Lipinski definition) is 2. The molecule has 0 aromatic carbocycles. The molecule has 0 rings (SSSR count). The molecule has 0 aromatic heterocycles. The predicted octanol–water partition coefficient (Wildman–Crippen LogP) is 12.9. The van der Waals surface area contributed by atoms with Crippen LogP contribution >= 0.6 is 7.82 Å². The van der Waals surface area contributed by atoms with E-state index in [1.165, 1.54) is 77.0 Å². The van der Waals surface area contributed by atoms with E-state index in [9.17, 15) is 14.2 Å². The highest BCUT2D eigenvalue weighted by Gasteiger charge is 2.22. The average molecular weight is 765 g/mol. The van der Waals surface area contributed by atoms with Crippen molar-refractivity contribution in [1.29, 1.82) is 0 Å². The van der Waals surface area contributed by atoms with Crippen molar-refractivity contribution in [3.8, 4) is 0 Å². The number of carbonyl (C=O) groups is 2. The van der Waals surface area contributed by atoms with Gasteiger partial charge >= 0.3 is 19.8 Å². The maximum Gasteiger partial charge on any atom is 0.469 e. The summed E-state index contributed by atoms with van der Waals surface area (Å²) in [4.78, 5) is 42.8. The molecule has 0 fully saturated rings. The zero-order chi connectivity index (χ0) is 38.9. The van der Waals surface area contributed by atoms with Crippen molar-refractivity contribution >= 4 is 19.8 Å². The number of rotatable bonds is 38. The van der Waals surface area contributed by atoms with E-state index in [0.717, 1.165) is 70.6 Å². The first kappa shape index (κ1) is 50.8. The van der Waals surface area contributed by atoms with Crippen LogP contribution in [0.5, 0.6) is 0 Å². The van der Waals surface area contributed by atoms with E-state index in [2.05, 4.69) is 79.1 Å². The van der Waals surface area contributed by atoms with Crippen LogP contribution in [0.3, 0.4) is 0 Å². The molecule has 0 bridgehead atoms. The summed E-state index contributed by atoms with van der Waals surface area (Å²) in [7, 11) is -4.77. The van der Waals surface area contributed by atoms with Crippen molar-refractivity contribution in [3.05, 3.63) is 60.8 Å². The first-order valence-corrected chi connectivity index (χ1v) is 22.6. The lowest BCUT2D eigenvalue weighted by Crippen LogP contribution is -2.29. The van der Waals surface area contributed by atoms with Gasteiger partial charge in [0, 0.05) is 12.8 Å². The fourth-order valence-electron chi connectivity index (χ4n) is 5.59. The standard InChI is InChI=1S/C44H77O8P/c1-3-5-7-9-11-13-15-17-19-21-22-23-25-26-28-30-32-34-36-38-43(45)50-40-42(41-51-53(47,48)49)52-44(46)39-37-35-33-31-29-27-24-20-18-16-14-12-10-8-6-4-2/h11,13,17,19-20,22-24,26,28,42H,3-10,12,14-16,18,21,25,27,29-41H2,1-2H3,(H2,47,48,49)/b13-11-,19-17-,23-22-,24-20-,28-26-/t42-/m1/s1. The zero-order valence-electron chi connectivity index (χ0n) is 33.6. The Bertz CT molecular complexity index is 1040. The largest absolute Gasteiger partial charge is 0.469 e. The average Bonchev–Trinajstić information content (AvgIpc) is 3.13. The van der Waals surface area contributed by atoms with E-state index in [1.54, 1.807) is 0 Å². The fraction of sp³-hybridized carbons (Fsp3) is 0.727. The van der Waals surface area contributed by atoms with E-state index < -0.39 is 32.5 Å². The minimum absolute atomic E-state index is 0.193. The molecule has 0 unspecified atom stereocenters. The molecule has 0 radical (unpaired) electrons. The lowest BCUT2D eigenvalue weighted by atomic mass is 10.1. The van der Waals surface area contributed by atoms with Crippen molar-refractivity contribution in [2.75, 3.05) is 13.2 Å². The van der Waals surface area contributed by atoms with Gasteiger partial charge in [0.25, 0.3) is 0 Å². The molecule has 0 aliphatic carbocycles. The van der Waals surface area contributed by atoms with E-state index in [4.69, 9.17) is 19.3 Å². The van der Waals surface area contributed by atoms with Gasteiger partial charge in [0.1, 0.15) is 6.61 Å². The quantitative estimate of drug-likeness (QED) is 0.0276. The van der Waals surface area contributed by atoms with Crippen LogP contribution in [-0.4, -0.2) is 41.0 Å². The third kappa shape index (κ3) is 42.4. The number of esters is 2. The van der Waals surface area contributed by atoms with Gasteiger partial charge in [-0.2, -0.15) is 0 Å². The van der Waals surface area contributed by atoms with E-state index in [-0.39, 0.29) is 19.4 Å². The molecular formula is C44H77O8P. The van der Waals surface area contributed by atoms with Gasteiger partial charge in [-0.15, -0.1) is 0 Å². The summed E-state index contributed by atoms with van der Waals surface area (Å²) in [5.74, 6) is -0.932. The third-order valence-electron chi connectivity index (χ3n) is 8.76. The molecular weight excluding hydrogens is 687 g/mol. The molecule has 2 N–H and O–H groups in total. The van der Waals surface area contributed by atoms with Crippen LogP contribution in [0.15, 0.2) is 60.8 Å². The molecule has 306 valence electrons. The molecule has 9 heteroatoms. The minimum atomic E-state index is -4.77. The van der Waals surface area contributed by atoms with E-state index in [1.807, 2.05) is 0 Å². The summed E-state index contributed by atoms with van der Waals surface area (Å²) < 4.78 is 26.4. The van der Waals surface area contributed by atoms with Gasteiger partial charge < -0.3 is 19.3 Å². The maximum absolute atomic E-state index is 12.4. The molecule has 0 aliphatic heterocycles. The second-order valence-corrected chi connectivity index (χ2v) is 15.2. The van der Waals surface area contributed by atoms with Gasteiger partial charge in [-0.3, -0.25) is 14.1 Å². The Labute approximate surface area is 324 Å². The molecule has 0 spiro atoms. The van der Waals surface area contributed by atoms with Crippen LogP contribution in [-0.2, 0) is 28.2 Å². The van der Waals surface area contributed by atoms with Gasteiger partial charge in [-0.05, 0) is 83.5 Å². The van der Waals surface area contributed by atoms with Crippen LogP contribution in [0, 0.1) is 0 Å². The monoisotopic (exact) mass is 765 g/mol. The first-order valence-electron chi connectivity index (χ1n) is 21.1. The second-order valence-electron chi connectivity index (χ2n) is 14.0. The summed E-state index contributed by atoms with van der Waals surface area (Å²) in [6.07, 6.45) is 49.4. The van der Waals surface area contributed by atoms with Crippen molar-refractivity contribution in [3.63, 3.8) is 0 Å². The van der Waals surface area contributed by atoms with Gasteiger partial charge in [0.2, 0.25) is 0 Å². The van der Waals surface area contributed by atoms with Gasteiger partial charge in [-0.25, -0.2) is 4.57 Å². The summed E-state index contributed by atoms with van der Waals surface area (Å²) in [5.41, 5.74) is 0.